The lowest BCUT2D eigenvalue weighted by Gasteiger charge is -2.08. The van der Waals surface area contributed by atoms with Gasteiger partial charge in [0.1, 0.15) is 17.2 Å². The van der Waals surface area contributed by atoms with E-state index in [0.29, 0.717) is 35.2 Å². The molecule has 0 unspecified atom stereocenters. The molecule has 0 radical (unpaired) electrons. The molecule has 0 atom stereocenters. The first-order valence-electron chi connectivity index (χ1n) is 10.3. The molecule has 0 aliphatic heterocycles. The second-order valence-corrected chi connectivity index (χ2v) is 7.15. The molecule has 1 N–H and O–H groups in total. The molecule has 0 spiro atoms. The largest absolute Gasteiger partial charge is 0.497 e. The Bertz CT molecular complexity index is 1230. The van der Waals surface area contributed by atoms with Gasteiger partial charge in [-0.25, -0.2) is 0 Å². The summed E-state index contributed by atoms with van der Waals surface area (Å²) in [4.78, 5) is 12.6. The zero-order valence-corrected chi connectivity index (χ0v) is 18.3. The summed E-state index contributed by atoms with van der Waals surface area (Å²) in [5, 5.41) is 11.3. The summed E-state index contributed by atoms with van der Waals surface area (Å²) in [7, 11) is 3.22. The molecule has 0 fully saturated rings. The smallest absolute Gasteiger partial charge is 0.251 e. The van der Waals surface area contributed by atoms with E-state index in [1.165, 1.54) is 0 Å². The summed E-state index contributed by atoms with van der Waals surface area (Å²) in [6.45, 7) is 0.420. The number of amides is 1. The summed E-state index contributed by atoms with van der Waals surface area (Å²) >= 11 is 0. The second-order valence-electron chi connectivity index (χ2n) is 7.15. The highest BCUT2D eigenvalue weighted by Gasteiger charge is 2.09. The van der Waals surface area contributed by atoms with Gasteiger partial charge in [0, 0.05) is 29.8 Å². The van der Waals surface area contributed by atoms with E-state index in [9.17, 15) is 4.79 Å². The molecule has 1 amide bonds. The quantitative estimate of drug-likeness (QED) is 0.420. The van der Waals surface area contributed by atoms with Crippen LogP contribution in [0.3, 0.4) is 0 Å². The van der Waals surface area contributed by atoms with Crippen LogP contribution in [0.1, 0.15) is 15.9 Å². The summed E-state index contributed by atoms with van der Waals surface area (Å²) in [5.41, 5.74) is 2.95. The first kappa shape index (κ1) is 21.8. The van der Waals surface area contributed by atoms with Crippen molar-refractivity contribution in [3.63, 3.8) is 0 Å². The first-order chi connectivity index (χ1) is 16.1. The highest BCUT2D eigenvalue weighted by molar-refractivity contribution is 5.95. The number of hydrogen-bond donors (Lipinski definition) is 1. The van der Waals surface area contributed by atoms with Crippen LogP contribution >= 0.6 is 0 Å². The second kappa shape index (κ2) is 10.3. The fourth-order valence-corrected chi connectivity index (χ4v) is 3.16. The molecule has 1 aromatic heterocycles. The number of carbonyl (C=O) groups is 1. The molecule has 3 aromatic carbocycles. The summed E-state index contributed by atoms with van der Waals surface area (Å²) in [5.74, 6) is 2.27. The van der Waals surface area contributed by atoms with Crippen molar-refractivity contribution >= 4 is 5.91 Å². The van der Waals surface area contributed by atoms with Crippen molar-refractivity contribution in [3.05, 3.63) is 96.1 Å². The number of nitrogens with one attached hydrogen (secondary N) is 1. The van der Waals surface area contributed by atoms with Gasteiger partial charge in [0.2, 0.25) is 5.88 Å². The fourth-order valence-electron chi connectivity index (χ4n) is 3.16. The average Bonchev–Trinajstić information content (AvgIpc) is 2.88. The van der Waals surface area contributed by atoms with Gasteiger partial charge in [-0.2, -0.15) is 0 Å². The molecule has 166 valence electrons. The SMILES string of the molecule is COc1ccc(CNC(=O)c2cccc(-c3ccc(Oc4cccc(OC)c4)nn3)c2)cc1. The van der Waals surface area contributed by atoms with Crippen LogP contribution in [0.15, 0.2) is 84.9 Å². The Balaban J connectivity index is 1.41. The van der Waals surface area contributed by atoms with E-state index in [-0.39, 0.29) is 5.91 Å². The van der Waals surface area contributed by atoms with Gasteiger partial charge in [0.25, 0.3) is 5.91 Å². The molecule has 0 aliphatic rings. The van der Waals surface area contributed by atoms with Crippen molar-refractivity contribution in [3.8, 4) is 34.4 Å². The van der Waals surface area contributed by atoms with Crippen molar-refractivity contribution in [2.75, 3.05) is 14.2 Å². The van der Waals surface area contributed by atoms with Crippen molar-refractivity contribution < 1.29 is 19.0 Å². The monoisotopic (exact) mass is 441 g/mol. The van der Waals surface area contributed by atoms with Crippen molar-refractivity contribution in [2.45, 2.75) is 6.54 Å². The molecule has 4 aromatic rings. The Hall–Kier alpha value is -4.39. The normalized spacial score (nSPS) is 10.4. The minimum atomic E-state index is -0.168. The Kier molecular flexibility index (Phi) is 6.80. The van der Waals surface area contributed by atoms with Gasteiger partial charge >= 0.3 is 0 Å². The van der Waals surface area contributed by atoms with E-state index in [1.807, 2.05) is 54.6 Å². The topological polar surface area (TPSA) is 82.6 Å². The van der Waals surface area contributed by atoms with Gasteiger partial charge in [0.15, 0.2) is 0 Å². The number of aromatic nitrogens is 2. The highest BCUT2D eigenvalue weighted by atomic mass is 16.5. The maximum absolute atomic E-state index is 12.6. The predicted octanol–water partition coefficient (Wildman–Crippen LogP) is 4.88. The van der Waals surface area contributed by atoms with Gasteiger partial charge in [-0.05, 0) is 48.0 Å². The standard InChI is InChI=1S/C26H23N3O4/c1-31-21-11-9-18(10-12-21)17-27-26(30)20-6-3-5-19(15-20)24-13-14-25(29-28-24)33-23-8-4-7-22(16-23)32-2/h3-16H,17H2,1-2H3,(H,27,30). The number of rotatable bonds is 8. The first-order valence-corrected chi connectivity index (χ1v) is 10.3. The van der Waals surface area contributed by atoms with Gasteiger partial charge in [0.05, 0.1) is 19.9 Å². The molecular formula is C26H23N3O4. The summed E-state index contributed by atoms with van der Waals surface area (Å²) in [6.07, 6.45) is 0. The molecule has 0 saturated carbocycles. The van der Waals surface area contributed by atoms with E-state index < -0.39 is 0 Å². The Morgan fingerprint density at radius 1 is 0.788 bits per heavy atom. The molecule has 33 heavy (non-hydrogen) atoms. The zero-order valence-electron chi connectivity index (χ0n) is 18.3. The van der Waals surface area contributed by atoms with E-state index in [0.717, 1.165) is 16.9 Å². The van der Waals surface area contributed by atoms with Gasteiger partial charge in [-0.3, -0.25) is 4.79 Å². The van der Waals surface area contributed by atoms with E-state index in [2.05, 4.69) is 15.5 Å². The molecule has 4 rings (SSSR count). The number of carbonyl (C=O) groups excluding carboxylic acids is 1. The molecule has 0 saturated heterocycles. The number of nitrogens with zero attached hydrogens (tertiary/aromatic N) is 2. The van der Waals surface area contributed by atoms with Crippen molar-refractivity contribution in [1.82, 2.24) is 15.5 Å². The fraction of sp³-hybridized carbons (Fsp3) is 0.115. The van der Waals surface area contributed by atoms with Crippen LogP contribution < -0.4 is 19.5 Å². The lowest BCUT2D eigenvalue weighted by molar-refractivity contribution is 0.0951. The van der Waals surface area contributed by atoms with Crippen LogP contribution in [-0.4, -0.2) is 30.3 Å². The average molecular weight is 441 g/mol. The Morgan fingerprint density at radius 3 is 2.27 bits per heavy atom. The lowest BCUT2D eigenvalue weighted by atomic mass is 10.1. The van der Waals surface area contributed by atoms with Crippen molar-refractivity contribution in [1.29, 1.82) is 0 Å². The Morgan fingerprint density at radius 2 is 1.55 bits per heavy atom. The van der Waals surface area contributed by atoms with Gasteiger partial charge in [-0.1, -0.05) is 30.3 Å². The maximum Gasteiger partial charge on any atom is 0.251 e. The Labute approximate surface area is 192 Å². The minimum absolute atomic E-state index is 0.168. The van der Waals surface area contributed by atoms with Crippen LogP contribution in [0.4, 0.5) is 0 Å². The highest BCUT2D eigenvalue weighted by Crippen LogP contribution is 2.25. The lowest BCUT2D eigenvalue weighted by Crippen LogP contribution is -2.22. The number of benzene rings is 3. The van der Waals surface area contributed by atoms with E-state index in [4.69, 9.17) is 14.2 Å². The molecule has 7 heteroatoms. The zero-order chi connectivity index (χ0) is 23.0. The predicted molar refractivity (Wildman–Crippen MR) is 125 cm³/mol. The molecule has 1 heterocycles. The van der Waals surface area contributed by atoms with Crippen LogP contribution in [0.2, 0.25) is 0 Å². The third-order valence-corrected chi connectivity index (χ3v) is 4.94. The van der Waals surface area contributed by atoms with E-state index >= 15 is 0 Å². The summed E-state index contributed by atoms with van der Waals surface area (Å²) in [6, 6.07) is 25.6. The van der Waals surface area contributed by atoms with Crippen molar-refractivity contribution in [2.24, 2.45) is 0 Å². The molecular weight excluding hydrogens is 418 g/mol. The number of ether oxygens (including phenoxy) is 3. The minimum Gasteiger partial charge on any atom is -0.497 e. The number of hydrogen-bond acceptors (Lipinski definition) is 6. The van der Waals surface area contributed by atoms with Crippen LogP contribution in [-0.2, 0) is 6.54 Å². The number of methoxy groups -OCH3 is 2. The van der Waals surface area contributed by atoms with Gasteiger partial charge in [-0.15, -0.1) is 10.2 Å². The van der Waals surface area contributed by atoms with Crippen LogP contribution in [0.5, 0.6) is 23.1 Å². The summed E-state index contributed by atoms with van der Waals surface area (Å²) < 4.78 is 16.1. The van der Waals surface area contributed by atoms with E-state index in [1.54, 1.807) is 44.6 Å². The maximum atomic E-state index is 12.6. The third-order valence-electron chi connectivity index (χ3n) is 4.94. The molecule has 0 aliphatic carbocycles. The van der Waals surface area contributed by atoms with Crippen LogP contribution in [0.25, 0.3) is 11.3 Å². The molecule has 0 bridgehead atoms. The third kappa shape index (κ3) is 5.65. The van der Waals surface area contributed by atoms with Gasteiger partial charge < -0.3 is 19.5 Å². The molecule has 7 nitrogen and oxygen atoms in total. The van der Waals surface area contributed by atoms with Crippen LogP contribution in [0, 0.1) is 0 Å².